The van der Waals surface area contributed by atoms with Crippen LogP contribution in [0, 0.1) is 19.8 Å². The van der Waals surface area contributed by atoms with Crippen molar-refractivity contribution in [1.29, 1.82) is 0 Å². The van der Waals surface area contributed by atoms with E-state index in [1.54, 1.807) is 48.6 Å². The third kappa shape index (κ3) is 3.98. The molecule has 1 amide bonds. The van der Waals surface area contributed by atoms with Crippen LogP contribution in [0.5, 0.6) is 11.5 Å². The van der Waals surface area contributed by atoms with E-state index in [0.29, 0.717) is 60.8 Å². The summed E-state index contributed by atoms with van der Waals surface area (Å²) >= 11 is 0. The number of anilines is 1. The first-order chi connectivity index (χ1) is 14.7. The normalized spacial score (nSPS) is 17.0. The molecule has 1 N–H and O–H groups in total. The first-order valence-electron chi connectivity index (χ1n) is 10.6. The third-order valence-electron chi connectivity index (χ3n) is 6.27. The molecule has 0 unspecified atom stereocenters. The van der Waals surface area contributed by atoms with Crippen LogP contribution in [-0.4, -0.2) is 50.1 Å². The monoisotopic (exact) mass is 447 g/mol. The maximum Gasteiger partial charge on any atom is 0.264 e. The van der Waals surface area contributed by atoms with Crippen LogP contribution in [-0.2, 0) is 17.1 Å². The van der Waals surface area contributed by atoms with Gasteiger partial charge in [0.1, 0.15) is 18.1 Å². The van der Waals surface area contributed by atoms with Crippen molar-refractivity contribution in [2.45, 2.75) is 38.5 Å². The molecule has 0 radical (unpaired) electrons. The Labute approximate surface area is 183 Å². The lowest BCUT2D eigenvalue weighted by atomic mass is 9.98. The second kappa shape index (κ2) is 8.11. The lowest BCUT2D eigenvalue weighted by Crippen LogP contribution is -2.38. The summed E-state index contributed by atoms with van der Waals surface area (Å²) in [5.74, 6) is 1.42. The average Bonchev–Trinajstić information content (AvgIpc) is 2.98. The van der Waals surface area contributed by atoms with Crippen LogP contribution in [0.3, 0.4) is 0 Å². The van der Waals surface area contributed by atoms with Crippen molar-refractivity contribution in [2.75, 3.05) is 31.0 Å². The molecule has 4 rings (SSSR count). The minimum absolute atomic E-state index is 0.0333. The number of nitrogens with zero attached hydrogens (tertiary/aromatic N) is 2. The molecule has 1 aromatic carbocycles. The van der Waals surface area contributed by atoms with Gasteiger partial charge in [0.2, 0.25) is 0 Å². The molecular weight excluding hydrogens is 418 g/mol. The van der Waals surface area contributed by atoms with E-state index in [0.717, 1.165) is 12.8 Å². The smallest absolute Gasteiger partial charge is 0.264 e. The Morgan fingerprint density at radius 2 is 1.71 bits per heavy atom. The van der Waals surface area contributed by atoms with E-state index in [1.807, 2.05) is 0 Å². The number of fused-ring (bicyclic) bond motifs is 1. The fourth-order valence-corrected chi connectivity index (χ4v) is 5.75. The fraction of sp³-hybridized carbons (Fsp3) is 0.500. The molecule has 8 nitrogen and oxygen atoms in total. The molecule has 0 saturated carbocycles. The van der Waals surface area contributed by atoms with Crippen molar-refractivity contribution < 1.29 is 22.7 Å². The van der Waals surface area contributed by atoms with Gasteiger partial charge < -0.3 is 18.9 Å². The summed E-state index contributed by atoms with van der Waals surface area (Å²) in [6, 6.07) is 4.91. The molecule has 1 aromatic heterocycles. The van der Waals surface area contributed by atoms with Crippen molar-refractivity contribution >= 4 is 21.6 Å². The number of piperidine rings is 1. The van der Waals surface area contributed by atoms with Gasteiger partial charge in [-0.3, -0.25) is 9.52 Å². The van der Waals surface area contributed by atoms with E-state index >= 15 is 0 Å². The van der Waals surface area contributed by atoms with E-state index in [1.165, 1.54) is 0 Å². The highest BCUT2D eigenvalue weighted by molar-refractivity contribution is 7.92. The fourth-order valence-electron chi connectivity index (χ4n) is 4.18. The zero-order chi connectivity index (χ0) is 22.3. The summed E-state index contributed by atoms with van der Waals surface area (Å²) < 4.78 is 42.3. The van der Waals surface area contributed by atoms with Crippen LogP contribution in [0.1, 0.15) is 41.5 Å². The molecule has 1 saturated heterocycles. The Morgan fingerprint density at radius 1 is 1.06 bits per heavy atom. The molecule has 2 aliphatic heterocycles. The SMILES string of the molecule is Cc1c(C(=O)N2CCC(C)CC2)c(S(=O)(=O)Nc2ccc3c(c2)OCCO3)c(C)n1C. The summed E-state index contributed by atoms with van der Waals surface area (Å²) in [7, 11) is -2.23. The molecule has 2 aromatic rings. The van der Waals surface area contributed by atoms with Crippen LogP contribution >= 0.6 is 0 Å². The zero-order valence-electron chi connectivity index (χ0n) is 18.4. The minimum atomic E-state index is -4.01. The molecule has 168 valence electrons. The predicted molar refractivity (Wildman–Crippen MR) is 117 cm³/mol. The van der Waals surface area contributed by atoms with Crippen molar-refractivity contribution in [3.05, 3.63) is 35.2 Å². The number of benzene rings is 1. The molecular formula is C22H29N3O5S. The van der Waals surface area contributed by atoms with Gasteiger partial charge >= 0.3 is 0 Å². The Kier molecular flexibility index (Phi) is 5.63. The second-order valence-corrected chi connectivity index (χ2v) is 9.99. The van der Waals surface area contributed by atoms with E-state index in [2.05, 4.69) is 11.6 Å². The van der Waals surface area contributed by atoms with Gasteiger partial charge in [-0.1, -0.05) is 6.92 Å². The van der Waals surface area contributed by atoms with Gasteiger partial charge in [0.25, 0.3) is 15.9 Å². The predicted octanol–water partition coefficient (Wildman–Crippen LogP) is 3.09. The summed E-state index contributed by atoms with van der Waals surface area (Å²) in [6.45, 7) is 7.84. The number of nitrogens with one attached hydrogen (secondary N) is 1. The van der Waals surface area contributed by atoms with Crippen LogP contribution in [0.2, 0.25) is 0 Å². The Bertz CT molecular complexity index is 1110. The third-order valence-corrected chi connectivity index (χ3v) is 7.81. The van der Waals surface area contributed by atoms with Gasteiger partial charge in [-0.25, -0.2) is 8.42 Å². The topological polar surface area (TPSA) is 89.9 Å². The van der Waals surface area contributed by atoms with Gasteiger partial charge in [0, 0.05) is 37.6 Å². The van der Waals surface area contributed by atoms with Gasteiger partial charge in [-0.2, -0.15) is 0 Å². The Balaban J connectivity index is 1.69. The summed E-state index contributed by atoms with van der Waals surface area (Å²) in [4.78, 5) is 15.2. The standard InChI is InChI=1S/C22H29N3O5S/c1-14-7-9-25(10-8-14)22(26)20-15(2)24(4)16(3)21(20)31(27,28)23-17-5-6-18-19(13-17)30-12-11-29-18/h5-6,13-14,23H,7-12H2,1-4H3. The van der Waals surface area contributed by atoms with Gasteiger partial charge in [0.15, 0.2) is 11.5 Å². The molecule has 2 aliphatic rings. The number of sulfonamides is 1. The molecule has 1 fully saturated rings. The first-order valence-corrected chi connectivity index (χ1v) is 12.0. The lowest BCUT2D eigenvalue weighted by molar-refractivity contribution is 0.0692. The number of aromatic nitrogens is 1. The van der Waals surface area contributed by atoms with Crippen LogP contribution in [0.25, 0.3) is 0 Å². The van der Waals surface area contributed by atoms with E-state index in [-0.39, 0.29) is 16.4 Å². The van der Waals surface area contributed by atoms with Crippen LogP contribution in [0.4, 0.5) is 5.69 Å². The Hall–Kier alpha value is -2.68. The second-order valence-electron chi connectivity index (χ2n) is 8.37. The number of hydrogen-bond acceptors (Lipinski definition) is 5. The van der Waals surface area contributed by atoms with Crippen LogP contribution < -0.4 is 14.2 Å². The summed E-state index contributed by atoms with van der Waals surface area (Å²) in [5, 5.41) is 0. The first kappa shape index (κ1) is 21.5. The van der Waals surface area contributed by atoms with Crippen molar-refractivity contribution in [2.24, 2.45) is 13.0 Å². The number of carbonyl (C=O) groups excluding carboxylic acids is 1. The van der Waals surface area contributed by atoms with Gasteiger partial charge in [0.05, 0.1) is 11.3 Å². The molecule has 0 atom stereocenters. The van der Waals surface area contributed by atoms with Crippen molar-refractivity contribution in [3.63, 3.8) is 0 Å². The maximum absolute atomic E-state index is 13.4. The molecule has 3 heterocycles. The summed E-state index contributed by atoms with van der Waals surface area (Å²) in [5.41, 5.74) is 1.77. The molecule has 0 aliphatic carbocycles. The highest BCUT2D eigenvalue weighted by atomic mass is 32.2. The number of rotatable bonds is 4. The highest BCUT2D eigenvalue weighted by Crippen LogP contribution is 2.35. The van der Waals surface area contributed by atoms with E-state index in [4.69, 9.17) is 9.47 Å². The van der Waals surface area contributed by atoms with Crippen molar-refractivity contribution in [1.82, 2.24) is 9.47 Å². The number of likely N-dealkylation sites (tertiary alicyclic amines) is 1. The number of carbonyl (C=O) groups is 1. The van der Waals surface area contributed by atoms with E-state index in [9.17, 15) is 13.2 Å². The summed E-state index contributed by atoms with van der Waals surface area (Å²) in [6.07, 6.45) is 1.85. The molecule has 0 spiro atoms. The molecule has 31 heavy (non-hydrogen) atoms. The number of amides is 1. The van der Waals surface area contributed by atoms with Gasteiger partial charge in [-0.05, 0) is 44.7 Å². The molecule has 0 bridgehead atoms. The largest absolute Gasteiger partial charge is 0.486 e. The average molecular weight is 448 g/mol. The van der Waals surface area contributed by atoms with Gasteiger partial charge in [-0.15, -0.1) is 0 Å². The van der Waals surface area contributed by atoms with Crippen molar-refractivity contribution in [3.8, 4) is 11.5 Å². The highest BCUT2D eigenvalue weighted by Gasteiger charge is 2.34. The quantitative estimate of drug-likeness (QED) is 0.778. The number of hydrogen-bond donors (Lipinski definition) is 1. The zero-order valence-corrected chi connectivity index (χ0v) is 19.2. The maximum atomic E-state index is 13.4. The van der Waals surface area contributed by atoms with E-state index < -0.39 is 10.0 Å². The molecule has 9 heteroatoms. The minimum Gasteiger partial charge on any atom is -0.486 e. The lowest BCUT2D eigenvalue weighted by Gasteiger charge is -2.30. The van der Waals surface area contributed by atoms with Crippen LogP contribution in [0.15, 0.2) is 23.1 Å². The number of ether oxygens (including phenoxy) is 2. The Morgan fingerprint density at radius 3 is 2.39 bits per heavy atom.